The molecule has 156 valence electrons. The molecule has 9 heteroatoms. The van der Waals surface area contributed by atoms with Gasteiger partial charge in [0.1, 0.15) is 17.8 Å². The van der Waals surface area contributed by atoms with Gasteiger partial charge in [0.25, 0.3) is 0 Å². The van der Waals surface area contributed by atoms with E-state index in [0.717, 1.165) is 0 Å². The highest BCUT2D eigenvalue weighted by atomic mass is 35.5. The topological polar surface area (TPSA) is 113 Å². The second kappa shape index (κ2) is 7.29. The van der Waals surface area contributed by atoms with Crippen LogP contribution in [-0.4, -0.2) is 68.5 Å². The van der Waals surface area contributed by atoms with Crippen molar-refractivity contribution in [2.75, 3.05) is 11.8 Å². The largest absolute Gasteiger partial charge is 0.459 e. The van der Waals surface area contributed by atoms with Crippen LogP contribution in [0.2, 0.25) is 0 Å². The van der Waals surface area contributed by atoms with Crippen LogP contribution in [-0.2, 0) is 19.1 Å². The summed E-state index contributed by atoms with van der Waals surface area (Å²) >= 11 is 11.6. The predicted octanol–water partition coefficient (Wildman–Crippen LogP) is 0.913. The van der Waals surface area contributed by atoms with Gasteiger partial charge in [-0.15, -0.1) is 23.2 Å². The summed E-state index contributed by atoms with van der Waals surface area (Å²) in [5, 5.41) is 31.6. The minimum Gasteiger partial charge on any atom is -0.459 e. The third-order valence-corrected chi connectivity index (χ3v) is 7.19. The van der Waals surface area contributed by atoms with Gasteiger partial charge in [-0.25, -0.2) is 9.59 Å². The molecule has 3 N–H and O–H groups in total. The van der Waals surface area contributed by atoms with Crippen LogP contribution in [0.5, 0.6) is 0 Å². The zero-order valence-electron chi connectivity index (χ0n) is 15.4. The Balaban J connectivity index is 2.01. The molecule has 0 spiro atoms. The summed E-state index contributed by atoms with van der Waals surface area (Å²) in [7, 11) is 0. The molecule has 3 aliphatic rings. The average molecular weight is 435 g/mol. The Labute approximate surface area is 172 Å². The molecule has 1 unspecified atom stereocenters. The average Bonchev–Trinajstić information content (AvgIpc) is 3.04. The van der Waals surface area contributed by atoms with Gasteiger partial charge in [-0.2, -0.15) is 0 Å². The second-order valence-corrected chi connectivity index (χ2v) is 8.68. The number of halogens is 2. The molecule has 0 amide bonds. The lowest BCUT2D eigenvalue weighted by molar-refractivity contribution is -0.172. The molecule has 0 aromatic heterocycles. The molecule has 0 aromatic carbocycles. The van der Waals surface area contributed by atoms with Crippen molar-refractivity contribution in [3.05, 3.63) is 24.3 Å². The van der Waals surface area contributed by atoms with E-state index in [4.69, 9.17) is 32.7 Å². The molecule has 1 saturated heterocycles. The number of aliphatic hydroxyl groups excluding tert-OH is 1. The minimum atomic E-state index is -1.90. The maximum Gasteiger partial charge on any atom is 0.339 e. The summed E-state index contributed by atoms with van der Waals surface area (Å²) in [5.74, 6) is -4.11. The Morgan fingerprint density at radius 3 is 2.64 bits per heavy atom. The number of esters is 2. The maximum atomic E-state index is 12.4. The van der Waals surface area contributed by atoms with Gasteiger partial charge in [-0.3, -0.25) is 0 Å². The number of alkyl halides is 2. The number of aliphatic hydroxyl groups is 3. The fourth-order valence-electron chi connectivity index (χ4n) is 4.58. The van der Waals surface area contributed by atoms with E-state index >= 15 is 0 Å². The number of carbonyl (C=O) groups excluding carboxylic acids is 2. The van der Waals surface area contributed by atoms with Crippen molar-refractivity contribution in [2.24, 2.45) is 17.8 Å². The fraction of sp³-hybridized carbons (Fsp3) is 0.684. The monoisotopic (exact) mass is 434 g/mol. The SMILES string of the molecule is C=C1C(=O)O[C@H]2[C@H]1[C@@H](OC(=O)C(C)(O)CCl)CC(=C)[C@@H]1C[C@H](O)[C@](O)(CCl)[C@H]21. The number of hydrogen-bond acceptors (Lipinski definition) is 7. The quantitative estimate of drug-likeness (QED) is 0.260. The van der Waals surface area contributed by atoms with E-state index in [2.05, 4.69) is 13.2 Å². The molecule has 8 atom stereocenters. The van der Waals surface area contributed by atoms with Crippen molar-refractivity contribution in [1.29, 1.82) is 0 Å². The van der Waals surface area contributed by atoms with Crippen LogP contribution >= 0.6 is 23.2 Å². The molecular weight excluding hydrogens is 411 g/mol. The molecule has 7 nitrogen and oxygen atoms in total. The molecule has 2 saturated carbocycles. The van der Waals surface area contributed by atoms with E-state index in [1.807, 2.05) is 0 Å². The number of rotatable bonds is 4. The number of hydrogen-bond donors (Lipinski definition) is 3. The molecule has 0 radical (unpaired) electrons. The standard InChI is InChI=1S/C19H24Cl2O7/c1-8-4-11(27-17(24)18(3,25)6-20)13-9(2)16(23)28-15(13)14-10(8)5-12(22)19(14,26)7-21/h10-15,22,25-26H,1-2,4-7H2,3H3/t10-,11-,12-,13+,14-,15-,18?,19+/m0/s1. The lowest BCUT2D eigenvalue weighted by atomic mass is 9.76. The van der Waals surface area contributed by atoms with E-state index < -0.39 is 53.3 Å². The van der Waals surface area contributed by atoms with Crippen molar-refractivity contribution < 1.29 is 34.4 Å². The zero-order chi connectivity index (χ0) is 21.0. The number of carbonyl (C=O) groups is 2. The fourth-order valence-corrected chi connectivity index (χ4v) is 5.05. The summed E-state index contributed by atoms with van der Waals surface area (Å²) in [6.07, 6.45) is -2.54. The van der Waals surface area contributed by atoms with Gasteiger partial charge < -0.3 is 24.8 Å². The number of fused-ring (bicyclic) bond motifs is 3. The third kappa shape index (κ3) is 3.17. The van der Waals surface area contributed by atoms with Crippen LogP contribution < -0.4 is 0 Å². The van der Waals surface area contributed by atoms with Gasteiger partial charge in [0.15, 0.2) is 5.60 Å². The highest BCUT2D eigenvalue weighted by molar-refractivity contribution is 6.20. The maximum absolute atomic E-state index is 12.4. The summed E-state index contributed by atoms with van der Waals surface area (Å²) in [5.41, 5.74) is -2.87. The van der Waals surface area contributed by atoms with Gasteiger partial charge in [0.05, 0.1) is 23.8 Å². The van der Waals surface area contributed by atoms with Gasteiger partial charge in [-0.05, 0) is 19.3 Å². The molecule has 1 aliphatic heterocycles. The normalized spacial score (nSPS) is 42.3. The molecule has 0 aromatic rings. The molecule has 28 heavy (non-hydrogen) atoms. The Morgan fingerprint density at radius 2 is 2.07 bits per heavy atom. The third-order valence-electron chi connectivity index (χ3n) is 6.24. The lowest BCUT2D eigenvalue weighted by Gasteiger charge is -2.37. The van der Waals surface area contributed by atoms with Crippen molar-refractivity contribution in [3.63, 3.8) is 0 Å². The first-order valence-electron chi connectivity index (χ1n) is 9.01. The minimum absolute atomic E-state index is 0.0973. The zero-order valence-corrected chi connectivity index (χ0v) is 16.9. The van der Waals surface area contributed by atoms with Crippen LogP contribution in [0.15, 0.2) is 24.3 Å². The molecule has 3 fully saturated rings. The van der Waals surface area contributed by atoms with Crippen molar-refractivity contribution in [2.45, 2.75) is 49.3 Å². The highest BCUT2D eigenvalue weighted by Gasteiger charge is 2.64. The van der Waals surface area contributed by atoms with E-state index in [-0.39, 0.29) is 36.1 Å². The van der Waals surface area contributed by atoms with E-state index in [1.54, 1.807) is 0 Å². The molecule has 2 aliphatic carbocycles. The lowest BCUT2D eigenvalue weighted by Crippen LogP contribution is -2.52. The van der Waals surface area contributed by atoms with Gasteiger partial charge in [0, 0.05) is 17.9 Å². The van der Waals surface area contributed by atoms with E-state index in [9.17, 15) is 24.9 Å². The summed E-state index contributed by atoms with van der Waals surface area (Å²) in [6.45, 7) is 9.05. The molecule has 0 bridgehead atoms. The second-order valence-electron chi connectivity index (χ2n) is 8.14. The van der Waals surface area contributed by atoms with Crippen LogP contribution in [0.3, 0.4) is 0 Å². The van der Waals surface area contributed by atoms with Crippen LogP contribution in [0.1, 0.15) is 19.8 Å². The Kier molecular flexibility index (Phi) is 5.62. The smallest absolute Gasteiger partial charge is 0.339 e. The highest BCUT2D eigenvalue weighted by Crippen LogP contribution is 2.55. The van der Waals surface area contributed by atoms with E-state index in [1.165, 1.54) is 6.92 Å². The first-order chi connectivity index (χ1) is 13.0. The van der Waals surface area contributed by atoms with E-state index in [0.29, 0.717) is 5.57 Å². The van der Waals surface area contributed by atoms with Gasteiger partial charge in [-0.1, -0.05) is 18.7 Å². The Bertz CT molecular complexity index is 721. The molecular formula is C19H24Cl2O7. The van der Waals surface area contributed by atoms with Crippen LogP contribution in [0, 0.1) is 17.8 Å². The Hall–Kier alpha value is -1.12. The summed E-state index contributed by atoms with van der Waals surface area (Å²) < 4.78 is 11.0. The Morgan fingerprint density at radius 1 is 1.43 bits per heavy atom. The first-order valence-corrected chi connectivity index (χ1v) is 10.1. The predicted molar refractivity (Wildman–Crippen MR) is 101 cm³/mol. The van der Waals surface area contributed by atoms with Gasteiger partial charge in [0.2, 0.25) is 0 Å². The summed E-state index contributed by atoms with van der Waals surface area (Å²) in [6, 6.07) is 0. The van der Waals surface area contributed by atoms with Gasteiger partial charge >= 0.3 is 11.9 Å². The summed E-state index contributed by atoms with van der Waals surface area (Å²) in [4.78, 5) is 24.6. The van der Waals surface area contributed by atoms with Crippen LogP contribution in [0.4, 0.5) is 0 Å². The number of ether oxygens (including phenoxy) is 2. The van der Waals surface area contributed by atoms with Crippen LogP contribution in [0.25, 0.3) is 0 Å². The van der Waals surface area contributed by atoms with Crippen molar-refractivity contribution in [3.8, 4) is 0 Å². The first kappa shape index (κ1) is 21.6. The van der Waals surface area contributed by atoms with Crippen molar-refractivity contribution in [1.82, 2.24) is 0 Å². The molecule has 1 heterocycles. The molecule has 3 rings (SSSR count). The van der Waals surface area contributed by atoms with Crippen molar-refractivity contribution >= 4 is 35.1 Å².